The predicted octanol–water partition coefficient (Wildman–Crippen LogP) is 0.925. The maximum atomic E-state index is 12.0. The average molecular weight is 256 g/mol. The molecule has 6 nitrogen and oxygen atoms in total. The average Bonchev–Trinajstić information content (AvgIpc) is 2.71. The number of fused-ring (bicyclic) bond motifs is 1. The molecule has 0 fully saturated rings. The molecule has 0 aliphatic rings. The van der Waals surface area contributed by atoms with E-state index in [1.807, 2.05) is 23.9 Å². The van der Waals surface area contributed by atoms with Crippen LogP contribution in [0.1, 0.15) is 5.69 Å². The number of aryl methyl sites for hydroxylation is 2. The second-order valence-corrected chi connectivity index (χ2v) is 4.43. The fourth-order valence-corrected chi connectivity index (χ4v) is 2.31. The van der Waals surface area contributed by atoms with Gasteiger partial charge in [-0.2, -0.15) is 0 Å². The third-order valence-corrected chi connectivity index (χ3v) is 3.17. The molecule has 0 amide bonds. The van der Waals surface area contributed by atoms with E-state index in [2.05, 4.69) is 15.0 Å². The normalized spacial score (nSPS) is 11.1. The van der Waals surface area contributed by atoms with Crippen molar-refractivity contribution in [2.75, 3.05) is 0 Å². The maximum Gasteiger partial charge on any atom is 0.325 e. The summed E-state index contributed by atoms with van der Waals surface area (Å²) in [6, 6.07) is 3.68. The number of aromatic amines is 2. The van der Waals surface area contributed by atoms with Gasteiger partial charge in [0.2, 0.25) is 0 Å². The van der Waals surface area contributed by atoms with E-state index in [0.717, 1.165) is 16.6 Å². The van der Waals surface area contributed by atoms with Crippen LogP contribution in [0.5, 0.6) is 0 Å². The second-order valence-electron chi connectivity index (χ2n) is 4.43. The summed E-state index contributed by atoms with van der Waals surface area (Å²) in [6.45, 7) is 1.71. The Morgan fingerprint density at radius 1 is 1.21 bits per heavy atom. The zero-order chi connectivity index (χ0) is 13.6. The Morgan fingerprint density at radius 2 is 2.00 bits per heavy atom. The van der Waals surface area contributed by atoms with E-state index in [0.29, 0.717) is 11.3 Å². The third-order valence-electron chi connectivity index (χ3n) is 3.17. The van der Waals surface area contributed by atoms with Gasteiger partial charge in [0.25, 0.3) is 5.56 Å². The molecule has 0 saturated heterocycles. The van der Waals surface area contributed by atoms with Crippen molar-refractivity contribution in [1.29, 1.82) is 0 Å². The van der Waals surface area contributed by atoms with Gasteiger partial charge in [-0.3, -0.25) is 9.78 Å². The lowest BCUT2D eigenvalue weighted by Gasteiger charge is -2.05. The summed E-state index contributed by atoms with van der Waals surface area (Å²) in [5.41, 5.74) is 1.69. The van der Waals surface area contributed by atoms with Crippen LogP contribution in [-0.2, 0) is 7.05 Å². The molecule has 0 spiro atoms. The summed E-state index contributed by atoms with van der Waals surface area (Å²) in [6.07, 6.45) is 3.54. The molecule has 0 radical (unpaired) electrons. The Morgan fingerprint density at radius 3 is 2.74 bits per heavy atom. The van der Waals surface area contributed by atoms with Crippen molar-refractivity contribution in [1.82, 2.24) is 19.5 Å². The highest BCUT2D eigenvalue weighted by Gasteiger charge is 2.13. The molecule has 2 N–H and O–H groups in total. The van der Waals surface area contributed by atoms with E-state index in [9.17, 15) is 9.59 Å². The number of rotatable bonds is 1. The topological polar surface area (TPSA) is 83.5 Å². The first-order valence-electron chi connectivity index (χ1n) is 5.81. The lowest BCUT2D eigenvalue weighted by molar-refractivity contribution is 0.948. The van der Waals surface area contributed by atoms with Gasteiger partial charge >= 0.3 is 5.69 Å². The Kier molecular flexibility index (Phi) is 2.38. The number of nitrogens with one attached hydrogen (secondary N) is 2. The molecule has 96 valence electrons. The molecule has 3 rings (SSSR count). The van der Waals surface area contributed by atoms with Gasteiger partial charge in [0, 0.05) is 36.1 Å². The molecule has 3 heterocycles. The Bertz CT molecular complexity index is 886. The van der Waals surface area contributed by atoms with Gasteiger partial charge < -0.3 is 9.55 Å². The highest BCUT2D eigenvalue weighted by molar-refractivity contribution is 5.93. The van der Waals surface area contributed by atoms with Gasteiger partial charge in [-0.15, -0.1) is 0 Å². The predicted molar refractivity (Wildman–Crippen MR) is 72.1 cm³/mol. The van der Waals surface area contributed by atoms with Crippen LogP contribution in [0.2, 0.25) is 0 Å². The number of aromatic nitrogens is 4. The number of H-pyrrole nitrogens is 2. The van der Waals surface area contributed by atoms with Crippen molar-refractivity contribution in [3.63, 3.8) is 0 Å². The Balaban J connectivity index is 2.44. The van der Waals surface area contributed by atoms with Gasteiger partial charge in [0.05, 0.1) is 5.56 Å². The number of nitrogens with zero attached hydrogens (tertiary/aromatic N) is 2. The Labute approximate surface area is 107 Å². The van der Waals surface area contributed by atoms with E-state index < -0.39 is 11.2 Å². The zero-order valence-electron chi connectivity index (χ0n) is 10.5. The third kappa shape index (κ3) is 1.69. The van der Waals surface area contributed by atoms with Crippen molar-refractivity contribution in [3.8, 4) is 11.1 Å². The van der Waals surface area contributed by atoms with Crippen LogP contribution >= 0.6 is 0 Å². The van der Waals surface area contributed by atoms with Crippen LogP contribution < -0.4 is 11.2 Å². The van der Waals surface area contributed by atoms with E-state index in [-0.39, 0.29) is 0 Å². The monoisotopic (exact) mass is 256 g/mol. The summed E-state index contributed by atoms with van der Waals surface area (Å²) in [5, 5.41) is 0.880. The van der Waals surface area contributed by atoms with E-state index in [4.69, 9.17) is 0 Å². The standard InChI is InChI=1S/C13H12N4O2/c1-7-10(12(18)16-13(19)15-7)8-3-5-14-11-9(8)4-6-17(11)2/h3-6H,1-2H3,(H2,15,16,18,19). The molecule has 3 aromatic rings. The van der Waals surface area contributed by atoms with Crippen molar-refractivity contribution in [3.05, 3.63) is 51.1 Å². The fraction of sp³-hybridized carbons (Fsp3) is 0.154. The molecule has 0 aliphatic carbocycles. The molecule has 0 atom stereocenters. The molecule has 0 aliphatic heterocycles. The summed E-state index contributed by atoms with van der Waals surface area (Å²) in [5.74, 6) is 0. The first-order valence-corrected chi connectivity index (χ1v) is 5.81. The molecular weight excluding hydrogens is 244 g/mol. The van der Waals surface area contributed by atoms with Gasteiger partial charge in [0.15, 0.2) is 0 Å². The summed E-state index contributed by atoms with van der Waals surface area (Å²) in [7, 11) is 1.89. The summed E-state index contributed by atoms with van der Waals surface area (Å²) < 4.78 is 1.88. The highest BCUT2D eigenvalue weighted by Crippen LogP contribution is 2.26. The van der Waals surface area contributed by atoms with Crippen LogP contribution in [0.3, 0.4) is 0 Å². The number of hydrogen-bond acceptors (Lipinski definition) is 3. The minimum atomic E-state index is -0.496. The smallest absolute Gasteiger partial charge is 0.325 e. The van der Waals surface area contributed by atoms with Gasteiger partial charge in [0.1, 0.15) is 5.65 Å². The van der Waals surface area contributed by atoms with E-state index in [1.54, 1.807) is 19.2 Å². The summed E-state index contributed by atoms with van der Waals surface area (Å²) in [4.78, 5) is 32.4. The first kappa shape index (κ1) is 11.5. The van der Waals surface area contributed by atoms with Crippen molar-refractivity contribution >= 4 is 11.0 Å². The molecule has 0 saturated carbocycles. The van der Waals surface area contributed by atoms with E-state index >= 15 is 0 Å². The van der Waals surface area contributed by atoms with Crippen molar-refractivity contribution in [2.45, 2.75) is 6.92 Å². The molecule has 0 unspecified atom stereocenters. The van der Waals surface area contributed by atoms with Gasteiger partial charge in [-0.05, 0) is 19.1 Å². The molecular formula is C13H12N4O2. The molecule has 19 heavy (non-hydrogen) atoms. The Hall–Kier alpha value is -2.63. The minimum absolute atomic E-state index is 0.391. The van der Waals surface area contributed by atoms with E-state index in [1.165, 1.54) is 0 Å². The van der Waals surface area contributed by atoms with Crippen LogP contribution in [0.15, 0.2) is 34.1 Å². The van der Waals surface area contributed by atoms with Crippen LogP contribution in [0, 0.1) is 6.92 Å². The fourth-order valence-electron chi connectivity index (χ4n) is 2.31. The molecule has 3 aromatic heterocycles. The SMILES string of the molecule is Cc1[nH]c(=O)[nH]c(=O)c1-c1ccnc2c1ccn2C. The number of hydrogen-bond donors (Lipinski definition) is 2. The highest BCUT2D eigenvalue weighted by atomic mass is 16.2. The quantitative estimate of drug-likeness (QED) is 0.679. The van der Waals surface area contributed by atoms with Crippen LogP contribution in [-0.4, -0.2) is 19.5 Å². The second kappa shape index (κ2) is 3.94. The van der Waals surface area contributed by atoms with Gasteiger partial charge in [-0.25, -0.2) is 9.78 Å². The van der Waals surface area contributed by atoms with Crippen LogP contribution in [0.4, 0.5) is 0 Å². The maximum absolute atomic E-state index is 12.0. The van der Waals surface area contributed by atoms with Crippen LogP contribution in [0.25, 0.3) is 22.2 Å². The first-order chi connectivity index (χ1) is 9.08. The molecule has 0 bridgehead atoms. The summed E-state index contributed by atoms with van der Waals surface area (Å²) >= 11 is 0. The number of pyridine rings is 1. The van der Waals surface area contributed by atoms with Gasteiger partial charge in [-0.1, -0.05) is 0 Å². The minimum Gasteiger partial charge on any atom is -0.336 e. The van der Waals surface area contributed by atoms with Crippen molar-refractivity contribution in [2.24, 2.45) is 7.05 Å². The van der Waals surface area contributed by atoms with Crippen molar-refractivity contribution < 1.29 is 0 Å². The lowest BCUT2D eigenvalue weighted by Crippen LogP contribution is -2.25. The zero-order valence-corrected chi connectivity index (χ0v) is 10.5. The largest absolute Gasteiger partial charge is 0.336 e. The molecule has 6 heteroatoms. The molecule has 0 aromatic carbocycles. The lowest BCUT2D eigenvalue weighted by atomic mass is 10.0.